The lowest BCUT2D eigenvalue weighted by molar-refractivity contribution is 0.679. The van der Waals surface area contributed by atoms with E-state index >= 15 is 0 Å². The van der Waals surface area contributed by atoms with Crippen LogP contribution in [0.4, 0.5) is 0 Å². The molecule has 0 aliphatic carbocycles. The zero-order chi connectivity index (χ0) is 19.9. The van der Waals surface area contributed by atoms with Gasteiger partial charge in [0.25, 0.3) is 0 Å². The van der Waals surface area contributed by atoms with Crippen molar-refractivity contribution in [2.24, 2.45) is 0 Å². The lowest BCUT2D eigenvalue weighted by Crippen LogP contribution is -2.13. The van der Waals surface area contributed by atoms with Crippen LogP contribution >= 0.6 is 0 Å². The summed E-state index contributed by atoms with van der Waals surface area (Å²) in [6.07, 6.45) is 11.0. The maximum Gasteiger partial charge on any atom is 0.197 e. The number of hydrogen-bond donors (Lipinski definition) is 0. The van der Waals surface area contributed by atoms with E-state index in [2.05, 4.69) is 12.8 Å². The first kappa shape index (κ1) is 19.9. The van der Waals surface area contributed by atoms with E-state index < -0.39 is 10.8 Å². The number of unbranched alkanes of at least 4 members (excludes halogenated alkanes) is 1. The highest BCUT2D eigenvalue weighted by Gasteiger charge is 2.12. The van der Waals surface area contributed by atoms with Gasteiger partial charge in [-0.15, -0.1) is 6.42 Å². The van der Waals surface area contributed by atoms with Gasteiger partial charge in [-0.3, -0.25) is 9.00 Å². The minimum atomic E-state index is -1.00. The molecular weight excluding hydrogens is 366 g/mol. The van der Waals surface area contributed by atoms with Crippen LogP contribution in [-0.2, 0) is 17.3 Å². The molecule has 28 heavy (non-hydrogen) atoms. The summed E-state index contributed by atoms with van der Waals surface area (Å²) in [5.74, 6) is 3.29. The molecule has 0 fully saturated rings. The SMILES string of the molecule is C#CCn1cc(-c2ccccc2)c(=O)c(-c2ccc(S(=O)CCCC)cc2)c1. The van der Waals surface area contributed by atoms with Gasteiger partial charge in [0.05, 0.1) is 17.3 Å². The maximum atomic E-state index is 13.2. The smallest absolute Gasteiger partial charge is 0.197 e. The van der Waals surface area contributed by atoms with Crippen molar-refractivity contribution < 1.29 is 4.21 Å². The van der Waals surface area contributed by atoms with Crippen LogP contribution in [0.15, 0.2) is 76.7 Å². The van der Waals surface area contributed by atoms with E-state index in [0.29, 0.717) is 23.4 Å². The maximum absolute atomic E-state index is 13.2. The van der Waals surface area contributed by atoms with E-state index in [0.717, 1.165) is 28.9 Å². The van der Waals surface area contributed by atoms with Crippen molar-refractivity contribution in [2.45, 2.75) is 31.2 Å². The summed E-state index contributed by atoms with van der Waals surface area (Å²) in [6, 6.07) is 17.0. The summed E-state index contributed by atoms with van der Waals surface area (Å²) in [6.45, 7) is 2.47. The van der Waals surface area contributed by atoms with Crippen LogP contribution in [0.3, 0.4) is 0 Å². The van der Waals surface area contributed by atoms with Crippen molar-refractivity contribution in [3.8, 4) is 34.6 Å². The van der Waals surface area contributed by atoms with Crippen LogP contribution < -0.4 is 5.43 Å². The first-order chi connectivity index (χ1) is 13.6. The van der Waals surface area contributed by atoms with Gasteiger partial charge in [0.1, 0.15) is 0 Å². The Morgan fingerprint density at radius 1 is 0.964 bits per heavy atom. The summed E-state index contributed by atoms with van der Waals surface area (Å²) >= 11 is 0. The molecule has 3 aromatic rings. The molecule has 0 aliphatic heterocycles. The number of pyridine rings is 1. The number of benzene rings is 2. The fourth-order valence-corrected chi connectivity index (χ4v) is 4.26. The number of aromatic nitrogens is 1. The third kappa shape index (κ3) is 4.49. The summed E-state index contributed by atoms with van der Waals surface area (Å²) < 4.78 is 14.2. The minimum absolute atomic E-state index is 0.0423. The Hall–Kier alpha value is -2.90. The summed E-state index contributed by atoms with van der Waals surface area (Å²) in [5.41, 5.74) is 2.81. The quantitative estimate of drug-likeness (QED) is 0.548. The van der Waals surface area contributed by atoms with Crippen molar-refractivity contribution in [2.75, 3.05) is 5.75 Å². The molecule has 0 bridgehead atoms. The van der Waals surface area contributed by atoms with E-state index in [1.807, 2.05) is 59.2 Å². The van der Waals surface area contributed by atoms with Gasteiger partial charge in [-0.25, -0.2) is 0 Å². The minimum Gasteiger partial charge on any atom is -0.341 e. The molecule has 0 amide bonds. The van der Waals surface area contributed by atoms with Gasteiger partial charge in [-0.1, -0.05) is 61.7 Å². The number of hydrogen-bond acceptors (Lipinski definition) is 2. The van der Waals surface area contributed by atoms with E-state index in [1.165, 1.54) is 0 Å². The van der Waals surface area contributed by atoms with Gasteiger partial charge in [0, 0.05) is 34.2 Å². The topological polar surface area (TPSA) is 39.1 Å². The van der Waals surface area contributed by atoms with E-state index in [1.54, 1.807) is 12.4 Å². The van der Waals surface area contributed by atoms with Gasteiger partial charge in [0.2, 0.25) is 0 Å². The van der Waals surface area contributed by atoms with Crippen LogP contribution in [0.5, 0.6) is 0 Å². The molecule has 1 atom stereocenters. The van der Waals surface area contributed by atoms with Crippen LogP contribution in [0.1, 0.15) is 19.8 Å². The Kier molecular flexibility index (Phi) is 6.62. The molecule has 0 aliphatic rings. The molecule has 142 valence electrons. The van der Waals surface area contributed by atoms with E-state index in [9.17, 15) is 9.00 Å². The van der Waals surface area contributed by atoms with Crippen LogP contribution in [0.2, 0.25) is 0 Å². The third-order valence-corrected chi connectivity index (χ3v) is 6.01. The van der Waals surface area contributed by atoms with Crippen molar-refractivity contribution in [1.29, 1.82) is 0 Å². The third-order valence-electron chi connectivity index (χ3n) is 4.55. The monoisotopic (exact) mass is 389 g/mol. The molecule has 1 unspecified atom stereocenters. The second kappa shape index (κ2) is 9.34. The normalized spacial score (nSPS) is 11.7. The Bertz CT molecular complexity index is 1060. The molecule has 0 radical (unpaired) electrons. The zero-order valence-corrected chi connectivity index (χ0v) is 16.7. The predicted octanol–water partition coefficient (Wildman–Crippen LogP) is 4.72. The molecule has 0 spiro atoms. The standard InChI is InChI=1S/C24H23NO2S/c1-3-5-16-28(27)21-13-11-20(12-14-21)23-18-25(15-4-2)17-22(24(23)26)19-9-7-6-8-10-19/h2,6-14,17-18H,3,5,15-16H2,1H3. The van der Waals surface area contributed by atoms with Gasteiger partial charge in [0.15, 0.2) is 5.43 Å². The Morgan fingerprint density at radius 2 is 1.57 bits per heavy atom. The lowest BCUT2D eigenvalue weighted by Gasteiger charge is -2.11. The largest absolute Gasteiger partial charge is 0.341 e. The van der Waals surface area contributed by atoms with E-state index in [4.69, 9.17) is 6.42 Å². The van der Waals surface area contributed by atoms with Crippen molar-refractivity contribution in [1.82, 2.24) is 4.57 Å². The molecule has 0 saturated carbocycles. The molecule has 4 heteroatoms. The highest BCUT2D eigenvalue weighted by atomic mass is 32.2. The first-order valence-electron chi connectivity index (χ1n) is 9.35. The van der Waals surface area contributed by atoms with Crippen molar-refractivity contribution in [3.05, 3.63) is 77.2 Å². The Balaban J connectivity index is 2.04. The highest BCUT2D eigenvalue weighted by Crippen LogP contribution is 2.22. The molecule has 0 saturated heterocycles. The van der Waals surface area contributed by atoms with Crippen molar-refractivity contribution >= 4 is 10.8 Å². The summed E-state index contributed by atoms with van der Waals surface area (Å²) in [7, 11) is -1.00. The van der Waals surface area contributed by atoms with Gasteiger partial charge in [-0.2, -0.15) is 0 Å². The first-order valence-corrected chi connectivity index (χ1v) is 10.7. The summed E-state index contributed by atoms with van der Waals surface area (Å²) in [5, 5.41) is 0. The average Bonchev–Trinajstić information content (AvgIpc) is 2.74. The van der Waals surface area contributed by atoms with Gasteiger partial charge >= 0.3 is 0 Å². The number of terminal acetylenes is 1. The number of nitrogens with zero attached hydrogens (tertiary/aromatic N) is 1. The van der Waals surface area contributed by atoms with Gasteiger partial charge in [-0.05, 0) is 29.7 Å². The fourth-order valence-electron chi connectivity index (χ4n) is 3.04. The van der Waals surface area contributed by atoms with Crippen LogP contribution in [-0.4, -0.2) is 14.5 Å². The Labute approximate surface area is 168 Å². The van der Waals surface area contributed by atoms with Gasteiger partial charge < -0.3 is 4.57 Å². The predicted molar refractivity (Wildman–Crippen MR) is 117 cm³/mol. The molecule has 1 heterocycles. The van der Waals surface area contributed by atoms with Crippen LogP contribution in [0.25, 0.3) is 22.3 Å². The molecule has 2 aromatic carbocycles. The highest BCUT2D eigenvalue weighted by molar-refractivity contribution is 7.85. The second-order valence-corrected chi connectivity index (χ2v) is 8.16. The molecule has 1 aromatic heterocycles. The van der Waals surface area contributed by atoms with E-state index in [-0.39, 0.29) is 5.43 Å². The average molecular weight is 390 g/mol. The molecule has 3 rings (SSSR count). The Morgan fingerprint density at radius 3 is 2.14 bits per heavy atom. The van der Waals surface area contributed by atoms with Crippen molar-refractivity contribution in [3.63, 3.8) is 0 Å². The second-order valence-electron chi connectivity index (χ2n) is 6.58. The summed E-state index contributed by atoms with van der Waals surface area (Å²) in [4.78, 5) is 14.0. The molecule has 3 nitrogen and oxygen atoms in total. The zero-order valence-electron chi connectivity index (χ0n) is 15.9. The number of rotatable bonds is 7. The molecular formula is C24H23NO2S. The molecule has 0 N–H and O–H groups in total. The van der Waals surface area contributed by atoms with Crippen LogP contribution in [0, 0.1) is 12.3 Å². The fraction of sp³-hybridized carbons (Fsp3) is 0.208. The lowest BCUT2D eigenvalue weighted by atomic mass is 10.0.